The van der Waals surface area contributed by atoms with Crippen molar-refractivity contribution >= 4 is 11.7 Å². The molecule has 6 heteroatoms. The van der Waals surface area contributed by atoms with Gasteiger partial charge in [-0.25, -0.2) is 0 Å². The minimum Gasteiger partial charge on any atom is -0.481 e. The van der Waals surface area contributed by atoms with E-state index in [1.54, 1.807) is 0 Å². The number of pyridine rings is 1. The molecule has 0 saturated carbocycles. The maximum atomic E-state index is 11.5. The molecule has 108 valence electrons. The van der Waals surface area contributed by atoms with E-state index in [1.807, 2.05) is 31.2 Å². The summed E-state index contributed by atoms with van der Waals surface area (Å²) in [5.41, 5.74) is 1.75. The second kappa shape index (κ2) is 6.13. The molecular weight excluding hydrogens is 272 g/mol. The number of aryl methyl sites for hydroxylation is 1. The molecule has 1 atom stereocenters. The summed E-state index contributed by atoms with van der Waals surface area (Å²) in [6.07, 6.45) is 2.65. The third-order valence-electron chi connectivity index (χ3n) is 3.23. The topological polar surface area (TPSA) is 93.3 Å². The molecule has 2 aromatic rings. The lowest BCUT2D eigenvalue weighted by molar-refractivity contribution is -0.386. The monoisotopic (exact) mass is 286 g/mol. The molecule has 0 aliphatic heterocycles. The van der Waals surface area contributed by atoms with E-state index in [0.29, 0.717) is 0 Å². The van der Waals surface area contributed by atoms with Crippen LogP contribution in [0.4, 0.5) is 5.69 Å². The number of nitrogens with zero attached hydrogens (tertiary/aromatic N) is 2. The second-order valence-electron chi connectivity index (χ2n) is 4.78. The van der Waals surface area contributed by atoms with Crippen LogP contribution in [0.5, 0.6) is 0 Å². The molecule has 1 heterocycles. The molecule has 0 saturated heterocycles. The van der Waals surface area contributed by atoms with E-state index in [-0.39, 0.29) is 17.7 Å². The Hall–Kier alpha value is -2.76. The van der Waals surface area contributed by atoms with Gasteiger partial charge in [-0.1, -0.05) is 29.8 Å². The van der Waals surface area contributed by atoms with E-state index in [1.165, 1.54) is 12.3 Å². The highest BCUT2D eigenvalue weighted by Gasteiger charge is 2.28. The summed E-state index contributed by atoms with van der Waals surface area (Å²) < 4.78 is 0. The zero-order valence-electron chi connectivity index (χ0n) is 11.4. The third-order valence-corrected chi connectivity index (χ3v) is 3.23. The van der Waals surface area contributed by atoms with Crippen LogP contribution < -0.4 is 0 Å². The molecule has 2 rings (SSSR count). The van der Waals surface area contributed by atoms with Crippen LogP contribution in [-0.2, 0) is 11.2 Å². The van der Waals surface area contributed by atoms with Crippen molar-refractivity contribution in [1.29, 1.82) is 0 Å². The molecule has 21 heavy (non-hydrogen) atoms. The van der Waals surface area contributed by atoms with Gasteiger partial charge in [0.1, 0.15) is 6.20 Å². The summed E-state index contributed by atoms with van der Waals surface area (Å²) in [6, 6.07) is 8.84. The molecule has 0 radical (unpaired) electrons. The molecule has 1 aromatic heterocycles. The van der Waals surface area contributed by atoms with Crippen molar-refractivity contribution in [1.82, 2.24) is 4.98 Å². The van der Waals surface area contributed by atoms with Gasteiger partial charge >= 0.3 is 5.97 Å². The zero-order valence-corrected chi connectivity index (χ0v) is 11.4. The number of aromatic nitrogens is 1. The van der Waals surface area contributed by atoms with Crippen molar-refractivity contribution in [2.24, 2.45) is 0 Å². The van der Waals surface area contributed by atoms with Crippen molar-refractivity contribution < 1.29 is 14.8 Å². The van der Waals surface area contributed by atoms with Crippen LogP contribution in [0.25, 0.3) is 0 Å². The lowest BCUT2D eigenvalue weighted by Gasteiger charge is -2.13. The van der Waals surface area contributed by atoms with Crippen LogP contribution in [-0.4, -0.2) is 21.0 Å². The number of hydrogen-bond acceptors (Lipinski definition) is 4. The molecular formula is C15H14N2O4. The maximum Gasteiger partial charge on any atom is 0.311 e. The molecule has 0 aliphatic carbocycles. The van der Waals surface area contributed by atoms with Gasteiger partial charge in [-0.3, -0.25) is 19.9 Å². The quantitative estimate of drug-likeness (QED) is 0.673. The average Bonchev–Trinajstić information content (AvgIpc) is 2.44. The SMILES string of the molecule is Cc1cccc(CC(C(=O)O)c2ccncc2[N+](=O)[O-])c1. The molecule has 6 nitrogen and oxygen atoms in total. The van der Waals surface area contributed by atoms with Crippen LogP contribution in [0.3, 0.4) is 0 Å². The smallest absolute Gasteiger partial charge is 0.311 e. The van der Waals surface area contributed by atoms with E-state index in [4.69, 9.17) is 0 Å². The number of rotatable bonds is 5. The van der Waals surface area contributed by atoms with Gasteiger partial charge < -0.3 is 5.11 Å². The second-order valence-corrected chi connectivity index (χ2v) is 4.78. The minimum atomic E-state index is -1.09. The molecule has 0 amide bonds. The lowest BCUT2D eigenvalue weighted by atomic mass is 9.91. The largest absolute Gasteiger partial charge is 0.481 e. The predicted octanol–water partition coefficient (Wildman–Crippen LogP) is 2.71. The molecule has 0 aliphatic rings. The Morgan fingerprint density at radius 1 is 1.43 bits per heavy atom. The van der Waals surface area contributed by atoms with Crippen LogP contribution in [0.2, 0.25) is 0 Å². The summed E-state index contributed by atoms with van der Waals surface area (Å²) in [4.78, 5) is 25.6. The Morgan fingerprint density at radius 3 is 2.81 bits per heavy atom. The highest BCUT2D eigenvalue weighted by molar-refractivity contribution is 5.78. The summed E-state index contributed by atoms with van der Waals surface area (Å²) in [5, 5.41) is 20.4. The van der Waals surface area contributed by atoms with Gasteiger partial charge in [0.05, 0.1) is 10.8 Å². The van der Waals surface area contributed by atoms with Crippen molar-refractivity contribution in [2.75, 3.05) is 0 Å². The molecule has 0 bridgehead atoms. The normalized spacial score (nSPS) is 11.9. The summed E-state index contributed by atoms with van der Waals surface area (Å²) in [6.45, 7) is 1.91. The molecule has 1 unspecified atom stereocenters. The Bertz CT molecular complexity index is 685. The Balaban J connectivity index is 2.41. The van der Waals surface area contributed by atoms with Gasteiger partial charge in [0.15, 0.2) is 0 Å². The van der Waals surface area contributed by atoms with Gasteiger partial charge in [-0.2, -0.15) is 0 Å². The van der Waals surface area contributed by atoms with E-state index in [0.717, 1.165) is 17.3 Å². The van der Waals surface area contributed by atoms with Crippen LogP contribution in [0.15, 0.2) is 42.7 Å². The first kappa shape index (κ1) is 14.6. The molecule has 0 fully saturated rings. The first-order chi connectivity index (χ1) is 9.99. The van der Waals surface area contributed by atoms with Gasteiger partial charge in [-0.15, -0.1) is 0 Å². The summed E-state index contributed by atoms with van der Waals surface area (Å²) >= 11 is 0. The Morgan fingerprint density at radius 2 is 2.19 bits per heavy atom. The number of nitro groups is 1. The van der Waals surface area contributed by atoms with Crippen molar-refractivity contribution in [2.45, 2.75) is 19.3 Å². The highest BCUT2D eigenvalue weighted by Crippen LogP contribution is 2.29. The fourth-order valence-electron chi connectivity index (χ4n) is 2.25. The van der Waals surface area contributed by atoms with Gasteiger partial charge in [0, 0.05) is 11.8 Å². The van der Waals surface area contributed by atoms with Crippen molar-refractivity contribution in [3.05, 3.63) is 69.5 Å². The number of benzene rings is 1. The number of aliphatic carboxylic acids is 1. The molecule has 1 aromatic carbocycles. The Labute approximate surface area is 121 Å². The van der Waals surface area contributed by atoms with Crippen molar-refractivity contribution in [3.63, 3.8) is 0 Å². The van der Waals surface area contributed by atoms with E-state index < -0.39 is 16.8 Å². The van der Waals surface area contributed by atoms with Crippen LogP contribution >= 0.6 is 0 Å². The fourth-order valence-corrected chi connectivity index (χ4v) is 2.25. The highest BCUT2D eigenvalue weighted by atomic mass is 16.6. The van der Waals surface area contributed by atoms with Crippen molar-refractivity contribution in [3.8, 4) is 0 Å². The van der Waals surface area contributed by atoms with Gasteiger partial charge in [-0.05, 0) is 25.0 Å². The van der Waals surface area contributed by atoms with E-state index in [2.05, 4.69) is 4.98 Å². The standard InChI is InChI=1S/C15H14N2O4/c1-10-3-2-4-11(7-10)8-13(15(18)19)12-5-6-16-9-14(12)17(20)21/h2-7,9,13H,8H2,1H3,(H,18,19). The fraction of sp³-hybridized carbons (Fsp3) is 0.200. The lowest BCUT2D eigenvalue weighted by Crippen LogP contribution is -2.16. The predicted molar refractivity (Wildman–Crippen MR) is 76.2 cm³/mol. The Kier molecular flexibility index (Phi) is 4.27. The first-order valence-electron chi connectivity index (χ1n) is 6.35. The number of carbonyl (C=O) groups is 1. The molecule has 0 spiro atoms. The molecule has 1 N–H and O–H groups in total. The number of hydrogen-bond donors (Lipinski definition) is 1. The maximum absolute atomic E-state index is 11.5. The first-order valence-corrected chi connectivity index (χ1v) is 6.35. The van der Waals surface area contributed by atoms with E-state index in [9.17, 15) is 20.0 Å². The number of carboxylic acids is 1. The summed E-state index contributed by atoms with van der Waals surface area (Å²) in [5.74, 6) is -2.07. The van der Waals surface area contributed by atoms with Crippen LogP contribution in [0.1, 0.15) is 22.6 Å². The van der Waals surface area contributed by atoms with Crippen LogP contribution in [0, 0.1) is 17.0 Å². The van der Waals surface area contributed by atoms with E-state index >= 15 is 0 Å². The minimum absolute atomic E-state index is 0.170. The average molecular weight is 286 g/mol. The van der Waals surface area contributed by atoms with Gasteiger partial charge in [0.25, 0.3) is 5.69 Å². The van der Waals surface area contributed by atoms with Gasteiger partial charge in [0.2, 0.25) is 0 Å². The summed E-state index contributed by atoms with van der Waals surface area (Å²) in [7, 11) is 0. The zero-order chi connectivity index (χ0) is 15.4. The number of carboxylic acid groups (broad SMARTS) is 1. The third kappa shape index (κ3) is 3.42.